The summed E-state index contributed by atoms with van der Waals surface area (Å²) < 4.78 is 25.8. The highest BCUT2D eigenvalue weighted by molar-refractivity contribution is 6.00. The van der Waals surface area contributed by atoms with Gasteiger partial charge >= 0.3 is 0 Å². The first-order chi connectivity index (χ1) is 36.2. The monoisotopic (exact) mass is 980 g/mol. The molecule has 370 valence electrons. The van der Waals surface area contributed by atoms with E-state index in [-0.39, 0.29) is 12.2 Å². The third-order valence-electron chi connectivity index (χ3n) is 13.0. The van der Waals surface area contributed by atoms with Gasteiger partial charge in [-0.1, -0.05) is 84.9 Å². The summed E-state index contributed by atoms with van der Waals surface area (Å²) in [5.74, 6) is 5.95. The van der Waals surface area contributed by atoms with Gasteiger partial charge in [-0.05, 0) is 271 Å². The molecule has 0 aliphatic rings. The second-order valence-corrected chi connectivity index (χ2v) is 20.1. The maximum absolute atomic E-state index is 15.2. The molecule has 0 aliphatic carbocycles. The Hall–Kier alpha value is -8.93. The van der Waals surface area contributed by atoms with E-state index >= 15 is 4.79 Å². The van der Waals surface area contributed by atoms with E-state index in [4.69, 9.17) is 18.9 Å². The topological polar surface area (TPSA) is 54.0 Å². The maximum Gasteiger partial charge on any atom is 0.167 e. The fourth-order valence-electron chi connectivity index (χ4n) is 10.0. The Morgan fingerprint density at radius 1 is 0.267 bits per heavy atom. The molecule has 0 heterocycles. The van der Waals surface area contributed by atoms with Gasteiger partial charge in [-0.3, -0.25) is 4.79 Å². The quantitative estimate of drug-likeness (QED) is 0.0958. The van der Waals surface area contributed by atoms with E-state index < -0.39 is 0 Å². The molecule has 0 saturated carbocycles. The number of aryl methyl sites for hydroxylation is 8. The Labute approximate surface area is 441 Å². The summed E-state index contributed by atoms with van der Waals surface area (Å²) in [5.41, 5.74) is 18.0. The predicted molar refractivity (Wildman–Crippen MR) is 307 cm³/mol. The Kier molecular flexibility index (Phi) is 14.3. The van der Waals surface area contributed by atoms with Gasteiger partial charge in [0.25, 0.3) is 0 Å². The van der Waals surface area contributed by atoms with Gasteiger partial charge in [0.15, 0.2) is 5.78 Å². The lowest BCUT2D eigenvalue weighted by Crippen LogP contribution is -2.05. The second-order valence-electron chi connectivity index (χ2n) is 20.1. The number of hydrogen-bond donors (Lipinski definition) is 0. The minimum atomic E-state index is -0.0229. The van der Waals surface area contributed by atoms with Crippen LogP contribution in [0, 0.1) is 55.4 Å². The number of ether oxygens (including phenoxy) is 4. The summed E-state index contributed by atoms with van der Waals surface area (Å²) in [4.78, 5) is 15.2. The molecule has 0 N–H and O–H groups in total. The Morgan fingerprint density at radius 3 is 0.787 bits per heavy atom. The molecule has 0 unspecified atom stereocenters. The highest BCUT2D eigenvalue weighted by Crippen LogP contribution is 2.38. The second kappa shape index (κ2) is 21.7. The third kappa shape index (κ3) is 12.6. The lowest BCUT2D eigenvalue weighted by atomic mass is 9.91. The molecular formula is C70H60O5. The molecule has 0 aliphatic heterocycles. The normalized spacial score (nSPS) is 11.0. The standard InChI is InChI=1S/C70H60O5/c1-44-21-45(2)26-66(25-44)72-62-17-9-13-53(40-62)57-33-52(34-58(36-57)54-14-10-18-63(41-54)73-67-27-46(3)22-47(4)28-67)35-70(71)61-38-59(55-15-11-19-64(42-55)74-68-29-48(5)23-49(6)30-68)37-60(39-61)56-16-12-20-65(43-56)75-69-31-50(7)24-51(8)32-69/h9-34,36-43H,35H2,1-8H3. The zero-order chi connectivity index (χ0) is 52.2. The summed E-state index contributed by atoms with van der Waals surface area (Å²) in [7, 11) is 0. The largest absolute Gasteiger partial charge is 0.457 e. The van der Waals surface area contributed by atoms with Crippen molar-refractivity contribution >= 4 is 5.78 Å². The summed E-state index contributed by atoms with van der Waals surface area (Å²) in [5, 5.41) is 0. The number of carbonyl (C=O) groups excluding carboxylic acids is 1. The van der Waals surface area contributed by atoms with Crippen LogP contribution in [0.2, 0.25) is 0 Å². The molecule has 0 atom stereocenters. The molecule has 75 heavy (non-hydrogen) atoms. The third-order valence-corrected chi connectivity index (χ3v) is 13.0. The maximum atomic E-state index is 15.2. The molecular weight excluding hydrogens is 921 g/mol. The molecule has 0 bridgehead atoms. The molecule has 10 aromatic carbocycles. The van der Waals surface area contributed by atoms with Crippen molar-refractivity contribution in [1.29, 1.82) is 0 Å². The summed E-state index contributed by atoms with van der Waals surface area (Å²) in [6.07, 6.45) is 0.146. The van der Waals surface area contributed by atoms with Crippen LogP contribution in [0.25, 0.3) is 44.5 Å². The smallest absolute Gasteiger partial charge is 0.167 e. The van der Waals surface area contributed by atoms with E-state index in [0.29, 0.717) is 17.1 Å². The van der Waals surface area contributed by atoms with Crippen LogP contribution in [0.3, 0.4) is 0 Å². The van der Waals surface area contributed by atoms with Crippen molar-refractivity contribution in [3.63, 3.8) is 0 Å². The zero-order valence-corrected chi connectivity index (χ0v) is 43.9. The van der Waals surface area contributed by atoms with Crippen molar-refractivity contribution < 1.29 is 23.7 Å². The molecule has 0 radical (unpaired) electrons. The van der Waals surface area contributed by atoms with Crippen LogP contribution in [-0.2, 0) is 6.42 Å². The number of benzene rings is 10. The van der Waals surface area contributed by atoms with Crippen molar-refractivity contribution in [2.45, 2.75) is 61.8 Å². The summed E-state index contributed by atoms with van der Waals surface area (Å²) in [6.45, 7) is 16.6. The van der Waals surface area contributed by atoms with Crippen LogP contribution in [0.4, 0.5) is 0 Å². The van der Waals surface area contributed by atoms with Gasteiger partial charge in [0.2, 0.25) is 0 Å². The van der Waals surface area contributed by atoms with Crippen molar-refractivity contribution in [3.8, 4) is 90.5 Å². The van der Waals surface area contributed by atoms with Gasteiger partial charge in [0.05, 0.1) is 0 Å². The number of carbonyl (C=O) groups is 1. The lowest BCUT2D eigenvalue weighted by molar-refractivity contribution is 0.0993. The zero-order valence-electron chi connectivity index (χ0n) is 43.9. The van der Waals surface area contributed by atoms with Crippen molar-refractivity contribution in [1.82, 2.24) is 0 Å². The summed E-state index contributed by atoms with van der Waals surface area (Å²) >= 11 is 0. The molecule has 10 aromatic rings. The number of ketones is 1. The van der Waals surface area contributed by atoms with E-state index in [1.807, 2.05) is 121 Å². The van der Waals surface area contributed by atoms with Crippen LogP contribution in [-0.4, -0.2) is 5.78 Å². The minimum absolute atomic E-state index is 0.0229. The van der Waals surface area contributed by atoms with Gasteiger partial charge in [0.1, 0.15) is 46.0 Å². The first-order valence-electron chi connectivity index (χ1n) is 25.5. The van der Waals surface area contributed by atoms with Crippen LogP contribution >= 0.6 is 0 Å². The van der Waals surface area contributed by atoms with Crippen LogP contribution in [0.5, 0.6) is 46.0 Å². The van der Waals surface area contributed by atoms with E-state index in [1.165, 1.54) is 0 Å². The van der Waals surface area contributed by atoms with E-state index in [9.17, 15) is 0 Å². The van der Waals surface area contributed by atoms with Crippen LogP contribution in [0.15, 0.2) is 206 Å². The van der Waals surface area contributed by atoms with E-state index in [2.05, 4.69) is 140 Å². The lowest BCUT2D eigenvalue weighted by Gasteiger charge is -2.15. The first kappa shape index (κ1) is 49.6. The SMILES string of the molecule is Cc1cc(C)cc(Oc2cccc(-c3cc(CC(=O)c4cc(-c5cccc(Oc6cc(C)cc(C)c6)c5)cc(-c5cccc(Oc6cc(C)cc(C)c6)c5)c4)cc(-c4cccc(Oc5cc(C)cc(C)c5)c4)c3)c2)c1. The van der Waals surface area contributed by atoms with Crippen molar-refractivity contribution in [2.75, 3.05) is 0 Å². The Bertz CT molecular complexity index is 3460. The first-order valence-corrected chi connectivity index (χ1v) is 25.5. The van der Waals surface area contributed by atoms with Gasteiger partial charge < -0.3 is 18.9 Å². The molecule has 0 fully saturated rings. The molecule has 10 rings (SSSR count). The molecule has 5 heteroatoms. The van der Waals surface area contributed by atoms with Gasteiger partial charge in [-0.15, -0.1) is 0 Å². The highest BCUT2D eigenvalue weighted by Gasteiger charge is 2.17. The van der Waals surface area contributed by atoms with Crippen LogP contribution in [0.1, 0.15) is 60.4 Å². The minimum Gasteiger partial charge on any atom is -0.457 e. The molecule has 0 aromatic heterocycles. The molecule has 5 nitrogen and oxygen atoms in total. The van der Waals surface area contributed by atoms with E-state index in [0.717, 1.165) is 129 Å². The summed E-state index contributed by atoms with van der Waals surface area (Å²) in [6, 6.07) is 69.9. The fraction of sp³-hybridized carbons (Fsp3) is 0.129. The highest BCUT2D eigenvalue weighted by atomic mass is 16.5. The predicted octanol–water partition coefficient (Wildman–Crippen LogP) is 19.4. The van der Waals surface area contributed by atoms with Crippen LogP contribution < -0.4 is 18.9 Å². The number of rotatable bonds is 15. The number of Topliss-reactive ketones (excluding diaryl/α,β-unsaturated/α-hetero) is 1. The number of hydrogen-bond acceptors (Lipinski definition) is 5. The molecule has 0 spiro atoms. The molecule has 0 saturated heterocycles. The Morgan fingerprint density at radius 2 is 0.520 bits per heavy atom. The fourth-order valence-corrected chi connectivity index (χ4v) is 10.0. The van der Waals surface area contributed by atoms with Gasteiger partial charge in [0, 0.05) is 12.0 Å². The average molecular weight is 981 g/mol. The van der Waals surface area contributed by atoms with Gasteiger partial charge in [-0.2, -0.15) is 0 Å². The molecule has 0 amide bonds. The van der Waals surface area contributed by atoms with Crippen molar-refractivity contribution in [3.05, 3.63) is 262 Å². The Balaban J connectivity index is 1.04. The van der Waals surface area contributed by atoms with E-state index in [1.54, 1.807) is 0 Å². The van der Waals surface area contributed by atoms with Crippen molar-refractivity contribution in [2.24, 2.45) is 0 Å². The average Bonchev–Trinajstić information content (AvgIpc) is 3.35. The van der Waals surface area contributed by atoms with Gasteiger partial charge in [-0.25, -0.2) is 0 Å².